The molecule has 3 nitrogen and oxygen atoms in total. The highest BCUT2D eigenvalue weighted by Gasteiger charge is 2.14. The number of rotatable bonds is 6. The van der Waals surface area contributed by atoms with Gasteiger partial charge in [-0.2, -0.15) is 0 Å². The van der Waals surface area contributed by atoms with Gasteiger partial charge in [0.1, 0.15) is 0 Å². The summed E-state index contributed by atoms with van der Waals surface area (Å²) in [5.41, 5.74) is 2.00. The van der Waals surface area contributed by atoms with Crippen LogP contribution in [-0.4, -0.2) is 19.5 Å². The van der Waals surface area contributed by atoms with Crippen molar-refractivity contribution in [2.75, 3.05) is 18.5 Å². The highest BCUT2D eigenvalue weighted by Crippen LogP contribution is 2.20. The number of nitrogens with zero attached hydrogens (tertiary/aromatic N) is 1. The lowest BCUT2D eigenvalue weighted by molar-refractivity contribution is -0.117. The van der Waals surface area contributed by atoms with Crippen LogP contribution in [0.5, 0.6) is 0 Å². The number of anilines is 1. The van der Waals surface area contributed by atoms with E-state index in [9.17, 15) is 4.79 Å². The predicted octanol–water partition coefficient (Wildman–Crippen LogP) is 4.04. The fraction of sp³-hybridized carbons (Fsp3) is 0.278. The van der Waals surface area contributed by atoms with Crippen molar-refractivity contribution in [3.63, 3.8) is 0 Å². The maximum Gasteiger partial charge on any atom is 0.240 e. The van der Waals surface area contributed by atoms with Gasteiger partial charge >= 0.3 is 0 Å². The molecule has 0 saturated heterocycles. The van der Waals surface area contributed by atoms with Crippen molar-refractivity contribution < 1.29 is 4.79 Å². The van der Waals surface area contributed by atoms with Crippen molar-refractivity contribution in [1.29, 1.82) is 0 Å². The monoisotopic (exact) mass is 316 g/mol. The third-order valence-electron chi connectivity index (χ3n) is 3.68. The molecule has 1 atom stereocenters. The topological polar surface area (TPSA) is 32.3 Å². The first kappa shape index (κ1) is 16.5. The van der Waals surface area contributed by atoms with Crippen molar-refractivity contribution in [2.24, 2.45) is 0 Å². The molecule has 0 aliphatic rings. The molecular weight excluding hydrogens is 296 g/mol. The highest BCUT2D eigenvalue weighted by atomic mass is 35.5. The number of nitrogens with one attached hydrogen (secondary N) is 1. The molecular formula is C18H21ClN2O. The van der Waals surface area contributed by atoms with Crippen molar-refractivity contribution in [3.8, 4) is 0 Å². The molecule has 0 saturated carbocycles. The lowest BCUT2D eigenvalue weighted by Gasteiger charge is -2.21. The van der Waals surface area contributed by atoms with Crippen LogP contribution >= 0.6 is 11.6 Å². The first-order valence-corrected chi connectivity index (χ1v) is 7.80. The molecule has 0 fully saturated rings. The summed E-state index contributed by atoms with van der Waals surface area (Å²) in [5, 5.41) is 4.03. The third kappa shape index (κ3) is 4.33. The first-order chi connectivity index (χ1) is 10.6. The number of hydrogen-bond donors (Lipinski definition) is 1. The van der Waals surface area contributed by atoms with Gasteiger partial charge < -0.3 is 10.2 Å². The Morgan fingerprint density at radius 2 is 1.91 bits per heavy atom. The smallest absolute Gasteiger partial charge is 0.240 e. The van der Waals surface area contributed by atoms with E-state index in [0.29, 0.717) is 5.02 Å². The van der Waals surface area contributed by atoms with Crippen LogP contribution in [0.4, 0.5) is 5.69 Å². The van der Waals surface area contributed by atoms with Gasteiger partial charge in [-0.1, -0.05) is 48.9 Å². The van der Waals surface area contributed by atoms with Gasteiger partial charge in [-0.05, 0) is 36.2 Å². The zero-order valence-electron chi connectivity index (χ0n) is 12.9. The van der Waals surface area contributed by atoms with Gasteiger partial charge in [-0.3, -0.25) is 4.79 Å². The molecule has 0 aromatic heterocycles. The molecule has 22 heavy (non-hydrogen) atoms. The van der Waals surface area contributed by atoms with Crippen molar-refractivity contribution in [2.45, 2.75) is 19.4 Å². The summed E-state index contributed by atoms with van der Waals surface area (Å²) in [6, 6.07) is 17.5. The summed E-state index contributed by atoms with van der Waals surface area (Å²) < 4.78 is 0. The van der Waals surface area contributed by atoms with Crippen molar-refractivity contribution >= 4 is 23.2 Å². The van der Waals surface area contributed by atoms with Crippen LogP contribution in [-0.2, 0) is 4.79 Å². The van der Waals surface area contributed by atoms with E-state index in [4.69, 9.17) is 11.6 Å². The summed E-state index contributed by atoms with van der Waals surface area (Å²) in [7, 11) is 1.79. The zero-order valence-corrected chi connectivity index (χ0v) is 13.7. The summed E-state index contributed by atoms with van der Waals surface area (Å²) in [5.74, 6) is 0.0340. The minimum Gasteiger partial charge on any atom is -0.314 e. The van der Waals surface area contributed by atoms with E-state index >= 15 is 0 Å². The Labute approximate surface area is 136 Å². The number of para-hydroxylation sites is 1. The van der Waals surface area contributed by atoms with Crippen molar-refractivity contribution in [3.05, 3.63) is 65.2 Å². The SMILES string of the molecule is CCC(NCC(=O)N(C)c1ccccc1)c1cccc(Cl)c1. The Balaban J connectivity index is 1.97. The Kier molecular flexibility index (Phi) is 5.99. The minimum atomic E-state index is 0.0340. The Morgan fingerprint density at radius 1 is 1.18 bits per heavy atom. The Hall–Kier alpha value is -1.84. The molecule has 1 N–H and O–H groups in total. The van der Waals surface area contributed by atoms with Crippen LogP contribution in [0.15, 0.2) is 54.6 Å². The van der Waals surface area contributed by atoms with Crippen LogP contribution in [0.25, 0.3) is 0 Å². The molecule has 0 aliphatic carbocycles. The number of benzene rings is 2. The summed E-state index contributed by atoms with van der Waals surface area (Å²) in [6.45, 7) is 2.38. The van der Waals surface area contributed by atoms with Gasteiger partial charge in [-0.15, -0.1) is 0 Å². The quantitative estimate of drug-likeness (QED) is 0.872. The summed E-state index contributed by atoms with van der Waals surface area (Å²) in [6.07, 6.45) is 0.892. The van der Waals surface area contributed by atoms with Crippen molar-refractivity contribution in [1.82, 2.24) is 5.32 Å². The van der Waals surface area contributed by atoms with Crippen LogP contribution in [0.3, 0.4) is 0 Å². The molecule has 2 rings (SSSR count). The standard InChI is InChI=1S/C18H21ClN2O/c1-3-17(14-8-7-9-15(19)12-14)20-13-18(22)21(2)16-10-5-4-6-11-16/h4-12,17,20H,3,13H2,1-2H3. The normalized spacial score (nSPS) is 12.0. The summed E-state index contributed by atoms with van der Waals surface area (Å²) in [4.78, 5) is 14.0. The van der Waals surface area contributed by atoms with E-state index < -0.39 is 0 Å². The average Bonchev–Trinajstić information content (AvgIpc) is 2.55. The Morgan fingerprint density at radius 3 is 2.55 bits per heavy atom. The molecule has 0 aliphatic heterocycles. The highest BCUT2D eigenvalue weighted by molar-refractivity contribution is 6.30. The van der Waals surface area contributed by atoms with Gasteiger partial charge in [0.15, 0.2) is 0 Å². The molecule has 1 amide bonds. The second-order valence-electron chi connectivity index (χ2n) is 5.19. The third-order valence-corrected chi connectivity index (χ3v) is 3.91. The fourth-order valence-electron chi connectivity index (χ4n) is 2.35. The predicted molar refractivity (Wildman–Crippen MR) is 92.3 cm³/mol. The lowest BCUT2D eigenvalue weighted by Crippen LogP contribution is -2.37. The Bertz CT molecular complexity index is 615. The summed E-state index contributed by atoms with van der Waals surface area (Å²) >= 11 is 6.04. The minimum absolute atomic E-state index is 0.0340. The van der Waals surface area contributed by atoms with Gasteiger partial charge in [0.2, 0.25) is 5.91 Å². The van der Waals surface area contributed by atoms with Gasteiger partial charge in [0, 0.05) is 23.8 Å². The second kappa shape index (κ2) is 7.97. The number of carbonyl (C=O) groups excluding carboxylic acids is 1. The van der Waals surface area contributed by atoms with E-state index in [0.717, 1.165) is 17.7 Å². The molecule has 0 bridgehead atoms. The van der Waals surface area contributed by atoms with Crippen LogP contribution in [0.1, 0.15) is 24.9 Å². The molecule has 0 radical (unpaired) electrons. The number of amides is 1. The molecule has 0 heterocycles. The van der Waals surface area contributed by atoms with Gasteiger partial charge in [0.25, 0.3) is 0 Å². The average molecular weight is 317 g/mol. The van der Waals surface area contributed by atoms with E-state index in [1.54, 1.807) is 11.9 Å². The molecule has 4 heteroatoms. The molecule has 2 aromatic rings. The molecule has 1 unspecified atom stereocenters. The first-order valence-electron chi connectivity index (χ1n) is 7.42. The van der Waals surface area contributed by atoms with Crippen LogP contribution in [0, 0.1) is 0 Å². The number of halogens is 1. The van der Waals surface area contributed by atoms with E-state index in [1.165, 1.54) is 0 Å². The fourth-order valence-corrected chi connectivity index (χ4v) is 2.54. The molecule has 2 aromatic carbocycles. The van der Waals surface area contributed by atoms with Crippen LogP contribution < -0.4 is 10.2 Å². The maximum atomic E-state index is 12.3. The van der Waals surface area contributed by atoms with E-state index in [2.05, 4.69) is 12.2 Å². The van der Waals surface area contributed by atoms with Gasteiger partial charge in [-0.25, -0.2) is 0 Å². The van der Waals surface area contributed by atoms with E-state index in [-0.39, 0.29) is 18.5 Å². The second-order valence-corrected chi connectivity index (χ2v) is 5.62. The number of hydrogen-bond acceptors (Lipinski definition) is 2. The lowest BCUT2D eigenvalue weighted by atomic mass is 10.0. The zero-order chi connectivity index (χ0) is 15.9. The molecule has 0 spiro atoms. The largest absolute Gasteiger partial charge is 0.314 e. The maximum absolute atomic E-state index is 12.3. The molecule has 116 valence electrons. The number of carbonyl (C=O) groups is 1. The van der Waals surface area contributed by atoms with Gasteiger partial charge in [0.05, 0.1) is 6.54 Å². The number of likely N-dealkylation sites (N-methyl/N-ethyl adjacent to an activating group) is 1. The van der Waals surface area contributed by atoms with E-state index in [1.807, 2.05) is 54.6 Å². The van der Waals surface area contributed by atoms with Crippen LogP contribution in [0.2, 0.25) is 5.02 Å².